The Morgan fingerprint density at radius 3 is 0.897 bits per heavy atom. The van der Waals surface area contributed by atoms with Crippen molar-refractivity contribution in [3.05, 3.63) is 146 Å². The molecule has 0 aliphatic carbocycles. The Hall–Kier alpha value is -4.71. The first-order valence-corrected chi connectivity index (χ1v) is 26.8. The fourth-order valence-corrected chi connectivity index (χ4v) is 6.62. The number of hydrogen-bond acceptors (Lipinski definition) is 6. The maximum atomic E-state index is 12.7. The van der Waals surface area contributed by atoms with E-state index in [9.17, 15) is 14.4 Å². The molecule has 0 heterocycles. The average molecular weight is 937 g/mol. The van der Waals surface area contributed by atoms with Crippen molar-refractivity contribution < 1.29 is 28.6 Å². The number of ether oxygens (including phenoxy) is 3. The lowest BCUT2D eigenvalue weighted by Crippen LogP contribution is -2.30. The zero-order valence-electron chi connectivity index (χ0n) is 43.3. The van der Waals surface area contributed by atoms with E-state index in [1.54, 1.807) is 0 Å². The van der Waals surface area contributed by atoms with Crippen molar-refractivity contribution in [2.24, 2.45) is 0 Å². The van der Waals surface area contributed by atoms with Gasteiger partial charge in [-0.1, -0.05) is 212 Å². The highest BCUT2D eigenvalue weighted by Crippen LogP contribution is 2.11. The van der Waals surface area contributed by atoms with Gasteiger partial charge in [-0.25, -0.2) is 0 Å². The van der Waals surface area contributed by atoms with Gasteiger partial charge in [-0.2, -0.15) is 0 Å². The minimum Gasteiger partial charge on any atom is -0.462 e. The van der Waals surface area contributed by atoms with Crippen LogP contribution in [0, 0.1) is 0 Å². The van der Waals surface area contributed by atoms with Gasteiger partial charge < -0.3 is 14.2 Å². The maximum Gasteiger partial charge on any atom is 0.306 e. The number of esters is 3. The number of hydrogen-bond donors (Lipinski definition) is 0. The molecule has 0 saturated carbocycles. The average Bonchev–Trinajstić information content (AvgIpc) is 3.34. The third kappa shape index (κ3) is 52.3. The van der Waals surface area contributed by atoms with Crippen molar-refractivity contribution in [3.8, 4) is 0 Å². The molecule has 0 aliphatic heterocycles. The van der Waals surface area contributed by atoms with Crippen LogP contribution in [0.5, 0.6) is 0 Å². The van der Waals surface area contributed by atoms with Gasteiger partial charge in [0.05, 0.1) is 0 Å². The molecule has 0 bridgehead atoms. The molecule has 0 fully saturated rings. The van der Waals surface area contributed by atoms with Gasteiger partial charge in [0, 0.05) is 19.3 Å². The van der Waals surface area contributed by atoms with Gasteiger partial charge in [-0.05, 0) is 122 Å². The van der Waals surface area contributed by atoms with Gasteiger partial charge >= 0.3 is 17.9 Å². The smallest absolute Gasteiger partial charge is 0.306 e. The number of unbranched alkanes of at least 4 members (excludes halogenated alkanes) is 11. The van der Waals surface area contributed by atoms with Gasteiger partial charge in [0.15, 0.2) is 6.10 Å². The Labute approximate surface area is 417 Å². The zero-order chi connectivity index (χ0) is 49.3. The minimum atomic E-state index is -0.808. The van der Waals surface area contributed by atoms with Crippen LogP contribution in [0.15, 0.2) is 146 Å². The fourth-order valence-electron chi connectivity index (χ4n) is 6.62. The van der Waals surface area contributed by atoms with Gasteiger partial charge in [-0.3, -0.25) is 14.4 Å². The monoisotopic (exact) mass is 937 g/mol. The summed E-state index contributed by atoms with van der Waals surface area (Å²) >= 11 is 0. The lowest BCUT2D eigenvalue weighted by Gasteiger charge is -2.18. The Morgan fingerprint density at radius 2 is 0.574 bits per heavy atom. The van der Waals surface area contributed by atoms with Crippen molar-refractivity contribution in [1.82, 2.24) is 0 Å². The quantitative estimate of drug-likeness (QED) is 0.0262. The molecule has 1 atom stereocenters. The molecule has 0 aromatic heterocycles. The summed E-state index contributed by atoms with van der Waals surface area (Å²) in [5.74, 6) is -0.993. The molecule has 0 aliphatic rings. The molecule has 0 aromatic rings. The summed E-state index contributed by atoms with van der Waals surface area (Å²) in [6, 6.07) is 0. The fraction of sp³-hybridized carbons (Fsp3) is 0.565. The van der Waals surface area contributed by atoms with Crippen molar-refractivity contribution in [3.63, 3.8) is 0 Å². The molecule has 0 saturated heterocycles. The summed E-state index contributed by atoms with van der Waals surface area (Å²) in [6.45, 7) is 6.26. The lowest BCUT2D eigenvalue weighted by molar-refractivity contribution is -0.167. The van der Waals surface area contributed by atoms with Crippen molar-refractivity contribution in [2.45, 2.75) is 213 Å². The standard InChI is InChI=1S/C62H96O6/c1-4-7-10-13-16-18-20-22-23-24-25-26-27-28-29-30-31-32-33-34-35-36-37-38-39-41-42-44-46-49-52-55-61(64)67-58-59(57-66-60(63)54-51-48-15-12-9-6-3)68-62(65)56-53-50-47-45-43-40-21-19-17-14-11-8-5-2/h7-8,10-11,16-19,22-23,25-26,28-29,31-32,34-35,37-38,40-43,59H,4-6,9,12-15,20-21,24,27,30,33,36,39,44-58H2,1-3H3/b10-7-,11-8-,18-16-,19-17-,23-22-,26-25-,29-28-,32-31-,35-34-,38-37-,42-41-,43-40-. The molecule has 68 heavy (non-hydrogen) atoms. The van der Waals surface area contributed by atoms with Crippen LogP contribution in [0.4, 0.5) is 0 Å². The molecule has 0 spiro atoms. The Balaban J connectivity index is 4.25. The van der Waals surface area contributed by atoms with Crippen LogP contribution in [-0.2, 0) is 28.6 Å². The number of carbonyl (C=O) groups is 3. The molecular weight excluding hydrogens is 841 g/mol. The molecule has 0 radical (unpaired) electrons. The number of rotatable bonds is 46. The van der Waals surface area contributed by atoms with Gasteiger partial charge in [-0.15, -0.1) is 0 Å². The molecule has 0 N–H and O–H groups in total. The summed E-state index contributed by atoms with van der Waals surface area (Å²) < 4.78 is 16.6. The van der Waals surface area contributed by atoms with E-state index in [1.165, 1.54) is 19.3 Å². The number of carbonyl (C=O) groups excluding carboxylic acids is 3. The van der Waals surface area contributed by atoms with E-state index < -0.39 is 6.10 Å². The van der Waals surface area contributed by atoms with Gasteiger partial charge in [0.2, 0.25) is 0 Å². The normalized spacial score (nSPS) is 13.3. The molecule has 0 amide bonds. The van der Waals surface area contributed by atoms with E-state index in [4.69, 9.17) is 14.2 Å². The molecular formula is C62H96O6. The first-order chi connectivity index (χ1) is 33.5. The second kappa shape index (κ2) is 54.9. The predicted octanol–water partition coefficient (Wildman–Crippen LogP) is 18.0. The summed E-state index contributed by atoms with van der Waals surface area (Å²) in [5, 5.41) is 0. The van der Waals surface area contributed by atoms with Crippen molar-refractivity contribution in [2.75, 3.05) is 13.2 Å². The highest BCUT2D eigenvalue weighted by atomic mass is 16.6. The van der Waals surface area contributed by atoms with Crippen LogP contribution < -0.4 is 0 Å². The van der Waals surface area contributed by atoms with E-state index >= 15 is 0 Å². The van der Waals surface area contributed by atoms with Crippen molar-refractivity contribution in [1.29, 1.82) is 0 Å². The van der Waals surface area contributed by atoms with Crippen LogP contribution in [0.3, 0.4) is 0 Å². The molecule has 1 unspecified atom stereocenters. The second-order valence-corrected chi connectivity index (χ2v) is 17.0. The Bertz CT molecular complexity index is 1540. The molecule has 0 aromatic carbocycles. The van der Waals surface area contributed by atoms with Crippen LogP contribution >= 0.6 is 0 Å². The van der Waals surface area contributed by atoms with Gasteiger partial charge in [0.1, 0.15) is 13.2 Å². The summed E-state index contributed by atoms with van der Waals surface area (Å²) in [5.41, 5.74) is 0. The largest absolute Gasteiger partial charge is 0.462 e. The van der Waals surface area contributed by atoms with E-state index in [0.717, 1.165) is 148 Å². The zero-order valence-corrected chi connectivity index (χ0v) is 43.3. The highest BCUT2D eigenvalue weighted by Gasteiger charge is 2.19. The van der Waals surface area contributed by atoms with Crippen LogP contribution in [0.2, 0.25) is 0 Å². The maximum absolute atomic E-state index is 12.7. The van der Waals surface area contributed by atoms with Crippen LogP contribution in [0.25, 0.3) is 0 Å². The minimum absolute atomic E-state index is 0.106. The predicted molar refractivity (Wildman–Crippen MR) is 292 cm³/mol. The van der Waals surface area contributed by atoms with E-state index in [1.807, 2.05) is 0 Å². The van der Waals surface area contributed by atoms with Crippen LogP contribution in [-0.4, -0.2) is 37.2 Å². The molecule has 380 valence electrons. The first-order valence-electron chi connectivity index (χ1n) is 26.8. The summed E-state index contributed by atoms with van der Waals surface area (Å²) in [6.07, 6.45) is 78.7. The van der Waals surface area contributed by atoms with Crippen LogP contribution in [0.1, 0.15) is 207 Å². The highest BCUT2D eigenvalue weighted by molar-refractivity contribution is 5.71. The third-order valence-electron chi connectivity index (χ3n) is 10.6. The molecule has 6 nitrogen and oxygen atoms in total. The molecule has 0 rings (SSSR count). The Kier molecular flexibility index (Phi) is 51.1. The first kappa shape index (κ1) is 63.3. The second-order valence-electron chi connectivity index (χ2n) is 17.0. The summed E-state index contributed by atoms with van der Waals surface area (Å²) in [7, 11) is 0. The van der Waals surface area contributed by atoms with E-state index in [-0.39, 0.29) is 37.5 Å². The van der Waals surface area contributed by atoms with Crippen molar-refractivity contribution >= 4 is 17.9 Å². The lowest BCUT2D eigenvalue weighted by atomic mass is 10.1. The third-order valence-corrected chi connectivity index (χ3v) is 10.6. The SMILES string of the molecule is CC/C=C\C/C=C\C/C=C\C/C=C\C/C=C\C/C=C\C/C=C\C/C=C\C/C=C\CCCCCC(=O)OCC(COC(=O)CCCCCCCC)OC(=O)CCCCC/C=C\C/C=C\C/C=C\CC. The molecule has 6 heteroatoms. The summed E-state index contributed by atoms with van der Waals surface area (Å²) in [4.78, 5) is 37.7. The topological polar surface area (TPSA) is 78.9 Å². The van der Waals surface area contributed by atoms with Gasteiger partial charge in [0.25, 0.3) is 0 Å². The Morgan fingerprint density at radius 1 is 0.309 bits per heavy atom. The number of allylic oxidation sites excluding steroid dienone is 24. The van der Waals surface area contributed by atoms with E-state index in [2.05, 4.69) is 167 Å². The van der Waals surface area contributed by atoms with E-state index in [0.29, 0.717) is 12.8 Å².